The molecule has 1 unspecified atom stereocenters. The molecule has 0 saturated heterocycles. The number of aliphatic hydroxyl groups excluding tert-OH is 1. The lowest BCUT2D eigenvalue weighted by Crippen LogP contribution is -1.89. The van der Waals surface area contributed by atoms with E-state index < -0.39 is 6.10 Å². The molecule has 0 aliphatic carbocycles. The summed E-state index contributed by atoms with van der Waals surface area (Å²) in [5, 5.41) is 17.7. The molecule has 0 aliphatic heterocycles. The first-order valence-corrected chi connectivity index (χ1v) is 6.50. The summed E-state index contributed by atoms with van der Waals surface area (Å²) in [7, 11) is 0. The fourth-order valence-corrected chi connectivity index (χ4v) is 2.25. The number of unbranched alkanes of at least 4 members (excludes halogenated alkanes) is 2. The molecular formula is C13H17NOS. The maximum atomic E-state index is 9.35. The predicted octanol–water partition coefficient (Wildman–Crippen LogP) is 3.53. The van der Waals surface area contributed by atoms with E-state index in [-0.39, 0.29) is 0 Å². The van der Waals surface area contributed by atoms with Gasteiger partial charge in [-0.2, -0.15) is 5.26 Å². The van der Waals surface area contributed by atoms with Gasteiger partial charge in [0.2, 0.25) is 0 Å². The highest BCUT2D eigenvalue weighted by atomic mass is 32.2. The first-order valence-electron chi connectivity index (χ1n) is 5.52. The van der Waals surface area contributed by atoms with Crippen molar-refractivity contribution < 1.29 is 5.11 Å². The second-order valence-electron chi connectivity index (χ2n) is 3.71. The highest BCUT2D eigenvalue weighted by Gasteiger charge is 2.00. The van der Waals surface area contributed by atoms with Crippen LogP contribution < -0.4 is 0 Å². The fourth-order valence-electron chi connectivity index (χ4n) is 1.34. The Labute approximate surface area is 101 Å². The lowest BCUT2D eigenvalue weighted by molar-refractivity contribution is 0.199. The van der Waals surface area contributed by atoms with Crippen molar-refractivity contribution in [3.8, 4) is 6.07 Å². The van der Waals surface area contributed by atoms with Crippen LogP contribution in [0.4, 0.5) is 0 Å². The van der Waals surface area contributed by atoms with Gasteiger partial charge in [-0.3, -0.25) is 0 Å². The number of thioether (sulfide) groups is 1. The Hall–Kier alpha value is -0.980. The number of rotatable bonds is 6. The lowest BCUT2D eigenvalue weighted by atomic mass is 10.1. The van der Waals surface area contributed by atoms with Crippen molar-refractivity contribution in [2.75, 3.05) is 5.75 Å². The SMILES string of the molecule is CC(O)c1ccc(SCCCCC#N)cc1. The van der Waals surface area contributed by atoms with E-state index in [1.165, 1.54) is 4.90 Å². The van der Waals surface area contributed by atoms with Gasteiger partial charge in [-0.25, -0.2) is 0 Å². The zero-order valence-corrected chi connectivity index (χ0v) is 10.3. The van der Waals surface area contributed by atoms with Crippen LogP contribution in [-0.4, -0.2) is 10.9 Å². The van der Waals surface area contributed by atoms with Crippen LogP contribution in [0.2, 0.25) is 0 Å². The van der Waals surface area contributed by atoms with E-state index in [0.717, 1.165) is 24.2 Å². The molecular weight excluding hydrogens is 218 g/mol. The van der Waals surface area contributed by atoms with Gasteiger partial charge in [0, 0.05) is 11.3 Å². The van der Waals surface area contributed by atoms with Crippen molar-refractivity contribution >= 4 is 11.8 Å². The summed E-state index contributed by atoms with van der Waals surface area (Å²) in [6.07, 6.45) is 2.32. The summed E-state index contributed by atoms with van der Waals surface area (Å²) in [5.74, 6) is 1.05. The summed E-state index contributed by atoms with van der Waals surface area (Å²) in [4.78, 5) is 1.22. The van der Waals surface area contributed by atoms with Crippen LogP contribution in [0.5, 0.6) is 0 Å². The maximum Gasteiger partial charge on any atom is 0.0761 e. The second-order valence-corrected chi connectivity index (χ2v) is 4.88. The Balaban J connectivity index is 2.30. The van der Waals surface area contributed by atoms with Crippen LogP contribution in [0.25, 0.3) is 0 Å². The predicted molar refractivity (Wildman–Crippen MR) is 67.3 cm³/mol. The molecule has 1 atom stereocenters. The van der Waals surface area contributed by atoms with E-state index in [1.54, 1.807) is 18.7 Å². The van der Waals surface area contributed by atoms with Gasteiger partial charge in [-0.15, -0.1) is 11.8 Å². The standard InChI is InChI=1S/C13H17NOS/c1-11(15)12-5-7-13(8-6-12)16-10-4-2-3-9-14/h5-8,11,15H,2-4,10H2,1H3. The van der Waals surface area contributed by atoms with Crippen LogP contribution >= 0.6 is 11.8 Å². The Bertz CT molecular complexity index is 340. The smallest absolute Gasteiger partial charge is 0.0761 e. The minimum Gasteiger partial charge on any atom is -0.389 e. The Kier molecular flexibility index (Phi) is 5.99. The van der Waals surface area contributed by atoms with E-state index in [0.29, 0.717) is 6.42 Å². The van der Waals surface area contributed by atoms with Gasteiger partial charge in [0.05, 0.1) is 12.2 Å². The molecule has 1 aromatic rings. The largest absolute Gasteiger partial charge is 0.389 e. The third-order valence-corrected chi connectivity index (χ3v) is 3.41. The van der Waals surface area contributed by atoms with Crippen molar-refractivity contribution in [2.45, 2.75) is 37.2 Å². The van der Waals surface area contributed by atoms with Gasteiger partial charge in [-0.1, -0.05) is 12.1 Å². The summed E-state index contributed by atoms with van der Waals surface area (Å²) < 4.78 is 0. The summed E-state index contributed by atoms with van der Waals surface area (Å²) in [5.41, 5.74) is 0.953. The first-order chi connectivity index (χ1) is 7.74. The highest BCUT2D eigenvalue weighted by molar-refractivity contribution is 7.99. The van der Waals surface area contributed by atoms with Crippen LogP contribution in [0, 0.1) is 11.3 Å². The Morgan fingerprint density at radius 1 is 1.31 bits per heavy atom. The molecule has 0 saturated carbocycles. The molecule has 0 aliphatic rings. The lowest BCUT2D eigenvalue weighted by Gasteiger charge is -2.05. The zero-order valence-electron chi connectivity index (χ0n) is 9.52. The van der Waals surface area contributed by atoms with Crippen molar-refractivity contribution in [1.29, 1.82) is 5.26 Å². The van der Waals surface area contributed by atoms with Crippen LogP contribution in [0.3, 0.4) is 0 Å². The Morgan fingerprint density at radius 3 is 2.56 bits per heavy atom. The Morgan fingerprint density at radius 2 is 2.00 bits per heavy atom. The zero-order chi connectivity index (χ0) is 11.8. The third kappa shape index (κ3) is 4.69. The van der Waals surface area contributed by atoms with E-state index in [2.05, 4.69) is 6.07 Å². The number of hydrogen-bond acceptors (Lipinski definition) is 3. The van der Waals surface area contributed by atoms with Crippen LogP contribution in [0.15, 0.2) is 29.2 Å². The molecule has 0 heterocycles. The average Bonchev–Trinajstić information content (AvgIpc) is 2.29. The summed E-state index contributed by atoms with van der Waals surface area (Å²) in [6.45, 7) is 1.77. The molecule has 1 N–H and O–H groups in total. The second kappa shape index (κ2) is 7.32. The van der Waals surface area contributed by atoms with Gasteiger partial charge in [0.15, 0.2) is 0 Å². The summed E-state index contributed by atoms with van der Waals surface area (Å²) >= 11 is 1.80. The van der Waals surface area contributed by atoms with Gasteiger partial charge in [-0.05, 0) is 43.2 Å². The minimum absolute atomic E-state index is 0.394. The van der Waals surface area contributed by atoms with Gasteiger partial charge >= 0.3 is 0 Å². The van der Waals surface area contributed by atoms with Crippen molar-refractivity contribution in [3.05, 3.63) is 29.8 Å². The van der Waals surface area contributed by atoms with Crippen molar-refractivity contribution in [3.63, 3.8) is 0 Å². The topological polar surface area (TPSA) is 44.0 Å². The van der Waals surface area contributed by atoms with Crippen molar-refractivity contribution in [1.82, 2.24) is 0 Å². The highest BCUT2D eigenvalue weighted by Crippen LogP contribution is 2.22. The normalized spacial score (nSPS) is 12.1. The monoisotopic (exact) mass is 235 g/mol. The minimum atomic E-state index is -0.394. The molecule has 0 amide bonds. The molecule has 0 spiro atoms. The number of hydrogen-bond donors (Lipinski definition) is 1. The number of benzene rings is 1. The van der Waals surface area contributed by atoms with Gasteiger partial charge in [0.25, 0.3) is 0 Å². The van der Waals surface area contributed by atoms with E-state index in [9.17, 15) is 5.11 Å². The van der Waals surface area contributed by atoms with Crippen molar-refractivity contribution in [2.24, 2.45) is 0 Å². The molecule has 0 radical (unpaired) electrons. The van der Waals surface area contributed by atoms with Gasteiger partial charge < -0.3 is 5.11 Å². The summed E-state index contributed by atoms with van der Waals surface area (Å²) in [6, 6.07) is 10.1. The molecule has 86 valence electrons. The van der Waals surface area contributed by atoms with Crippen LogP contribution in [-0.2, 0) is 0 Å². The van der Waals surface area contributed by atoms with E-state index >= 15 is 0 Å². The van der Waals surface area contributed by atoms with E-state index in [4.69, 9.17) is 5.26 Å². The molecule has 3 heteroatoms. The van der Waals surface area contributed by atoms with E-state index in [1.807, 2.05) is 24.3 Å². The third-order valence-electron chi connectivity index (χ3n) is 2.31. The quantitative estimate of drug-likeness (QED) is 0.606. The maximum absolute atomic E-state index is 9.35. The fraction of sp³-hybridized carbons (Fsp3) is 0.462. The van der Waals surface area contributed by atoms with Crippen LogP contribution in [0.1, 0.15) is 37.9 Å². The molecule has 16 heavy (non-hydrogen) atoms. The average molecular weight is 235 g/mol. The molecule has 0 bridgehead atoms. The molecule has 1 aromatic carbocycles. The molecule has 0 fully saturated rings. The molecule has 1 rings (SSSR count). The first kappa shape index (κ1) is 13.1. The number of aliphatic hydroxyl groups is 1. The molecule has 2 nitrogen and oxygen atoms in total. The number of nitrogens with zero attached hydrogens (tertiary/aromatic N) is 1. The molecule has 0 aromatic heterocycles. The van der Waals surface area contributed by atoms with Gasteiger partial charge in [0.1, 0.15) is 0 Å². The number of nitriles is 1.